The van der Waals surface area contributed by atoms with Crippen LogP contribution in [0.15, 0.2) is 18.2 Å². The minimum Gasteiger partial charge on any atom is -0.465 e. The minimum atomic E-state index is -0.842. The van der Waals surface area contributed by atoms with Crippen molar-refractivity contribution in [2.24, 2.45) is 0 Å². The van der Waals surface area contributed by atoms with Crippen LogP contribution < -0.4 is 0 Å². The van der Waals surface area contributed by atoms with Gasteiger partial charge in [0.15, 0.2) is 6.29 Å². The van der Waals surface area contributed by atoms with Gasteiger partial charge >= 0.3 is 5.97 Å². The monoisotopic (exact) mass is 209 g/mol. The van der Waals surface area contributed by atoms with Gasteiger partial charge in [0.05, 0.1) is 17.6 Å². The molecule has 0 amide bonds. The molecule has 0 bridgehead atoms. The van der Waals surface area contributed by atoms with E-state index in [1.54, 1.807) is 0 Å². The van der Waals surface area contributed by atoms with Crippen LogP contribution in [-0.4, -0.2) is 24.3 Å². The zero-order valence-electron chi connectivity index (χ0n) is 7.80. The summed E-state index contributed by atoms with van der Waals surface area (Å²) in [4.78, 5) is 31.6. The molecule has 0 heterocycles. The van der Waals surface area contributed by atoms with Gasteiger partial charge in [-0.05, 0) is 12.1 Å². The maximum Gasteiger partial charge on any atom is 0.344 e. The lowest BCUT2D eigenvalue weighted by Crippen LogP contribution is -2.07. The first-order valence-corrected chi connectivity index (χ1v) is 3.92. The summed E-state index contributed by atoms with van der Waals surface area (Å²) >= 11 is 0. The summed E-state index contributed by atoms with van der Waals surface area (Å²) in [5, 5.41) is 10.7. The average Bonchev–Trinajstić information content (AvgIpc) is 2.26. The lowest BCUT2D eigenvalue weighted by atomic mass is 10.1. The molecule has 0 aliphatic heterocycles. The van der Waals surface area contributed by atoms with Gasteiger partial charge in [0.25, 0.3) is 5.69 Å². The van der Waals surface area contributed by atoms with Crippen LogP contribution in [0.2, 0.25) is 0 Å². The number of carbonyl (C=O) groups is 2. The van der Waals surface area contributed by atoms with Crippen molar-refractivity contribution in [1.82, 2.24) is 0 Å². The van der Waals surface area contributed by atoms with Gasteiger partial charge in [0, 0.05) is 0 Å². The molecule has 15 heavy (non-hydrogen) atoms. The van der Waals surface area contributed by atoms with Crippen molar-refractivity contribution in [1.29, 1.82) is 0 Å². The number of nitrogens with zero attached hydrogens (tertiary/aromatic N) is 1. The van der Waals surface area contributed by atoms with Crippen LogP contribution in [0.5, 0.6) is 0 Å². The third-order valence-corrected chi connectivity index (χ3v) is 1.78. The van der Waals surface area contributed by atoms with Crippen LogP contribution >= 0.6 is 0 Å². The smallest absolute Gasteiger partial charge is 0.344 e. The number of esters is 1. The lowest BCUT2D eigenvalue weighted by molar-refractivity contribution is -0.385. The molecule has 0 fully saturated rings. The fourth-order valence-electron chi connectivity index (χ4n) is 1.13. The second-order valence-corrected chi connectivity index (χ2v) is 2.61. The Morgan fingerprint density at radius 3 is 2.67 bits per heavy atom. The fourth-order valence-corrected chi connectivity index (χ4v) is 1.13. The predicted molar refractivity (Wildman–Crippen MR) is 49.8 cm³/mol. The van der Waals surface area contributed by atoms with Crippen LogP contribution in [0.4, 0.5) is 5.69 Å². The van der Waals surface area contributed by atoms with Gasteiger partial charge in [-0.3, -0.25) is 14.9 Å². The standard InChI is InChI=1S/C9H7NO5/c1-15-9(12)7-4-2-3-6(5-11)8(7)10(13)14/h2-5H,1H3. The van der Waals surface area contributed by atoms with E-state index in [-0.39, 0.29) is 11.1 Å². The normalized spacial score (nSPS) is 9.40. The topological polar surface area (TPSA) is 86.5 Å². The highest BCUT2D eigenvalue weighted by molar-refractivity contribution is 5.98. The van der Waals surface area contributed by atoms with Crippen LogP contribution in [0.25, 0.3) is 0 Å². The number of nitro groups is 1. The van der Waals surface area contributed by atoms with Crippen molar-refractivity contribution < 1.29 is 19.2 Å². The first-order chi connectivity index (χ1) is 7.11. The van der Waals surface area contributed by atoms with E-state index in [1.807, 2.05) is 0 Å². The molecule has 1 aromatic rings. The Morgan fingerprint density at radius 2 is 2.20 bits per heavy atom. The molecule has 0 spiro atoms. The van der Waals surface area contributed by atoms with Crippen molar-refractivity contribution in [2.45, 2.75) is 0 Å². The van der Waals surface area contributed by atoms with Gasteiger partial charge in [-0.1, -0.05) is 6.07 Å². The zero-order chi connectivity index (χ0) is 11.4. The molecule has 0 aliphatic carbocycles. The van der Waals surface area contributed by atoms with Gasteiger partial charge < -0.3 is 4.74 Å². The number of para-hydroxylation sites is 1. The molecule has 0 unspecified atom stereocenters. The van der Waals surface area contributed by atoms with Gasteiger partial charge in [-0.25, -0.2) is 4.79 Å². The Kier molecular flexibility index (Phi) is 3.12. The second kappa shape index (κ2) is 4.32. The van der Waals surface area contributed by atoms with Crippen LogP contribution in [0, 0.1) is 10.1 Å². The summed E-state index contributed by atoms with van der Waals surface area (Å²) in [6.45, 7) is 0. The van der Waals surface area contributed by atoms with Crippen LogP contribution in [-0.2, 0) is 4.74 Å². The molecule has 6 heteroatoms. The summed E-state index contributed by atoms with van der Waals surface area (Å²) < 4.78 is 4.37. The number of methoxy groups -OCH3 is 1. The number of ether oxygens (including phenoxy) is 1. The molecule has 0 N–H and O–H groups in total. The minimum absolute atomic E-state index is 0.150. The number of aldehydes is 1. The van der Waals surface area contributed by atoms with Crippen molar-refractivity contribution in [3.63, 3.8) is 0 Å². The van der Waals surface area contributed by atoms with E-state index in [2.05, 4.69) is 4.74 Å². The Balaban J connectivity index is 3.44. The molecule has 0 saturated heterocycles. The van der Waals surface area contributed by atoms with E-state index in [9.17, 15) is 19.7 Å². The van der Waals surface area contributed by atoms with Gasteiger partial charge in [-0.15, -0.1) is 0 Å². The van der Waals surface area contributed by atoms with E-state index < -0.39 is 16.6 Å². The van der Waals surface area contributed by atoms with Crippen molar-refractivity contribution >= 4 is 17.9 Å². The van der Waals surface area contributed by atoms with E-state index in [0.717, 1.165) is 7.11 Å². The van der Waals surface area contributed by atoms with Crippen molar-refractivity contribution in [3.8, 4) is 0 Å². The SMILES string of the molecule is COC(=O)c1cccc(C=O)c1[N+](=O)[O-]. The molecule has 0 radical (unpaired) electrons. The van der Waals surface area contributed by atoms with Crippen molar-refractivity contribution in [2.75, 3.05) is 7.11 Å². The van der Waals surface area contributed by atoms with Gasteiger partial charge in [0.2, 0.25) is 0 Å². The maximum absolute atomic E-state index is 11.2. The molecule has 0 atom stereocenters. The zero-order valence-corrected chi connectivity index (χ0v) is 7.80. The Morgan fingerprint density at radius 1 is 1.53 bits per heavy atom. The highest BCUT2D eigenvalue weighted by atomic mass is 16.6. The third-order valence-electron chi connectivity index (χ3n) is 1.78. The Labute approximate surface area is 84.6 Å². The quantitative estimate of drug-likeness (QED) is 0.323. The molecule has 78 valence electrons. The van der Waals surface area contributed by atoms with E-state index in [1.165, 1.54) is 18.2 Å². The average molecular weight is 209 g/mol. The number of hydrogen-bond donors (Lipinski definition) is 0. The molecule has 0 saturated carbocycles. The number of carbonyl (C=O) groups excluding carboxylic acids is 2. The molecule has 1 rings (SSSR count). The first kappa shape index (κ1) is 10.8. The van der Waals surface area contributed by atoms with Crippen LogP contribution in [0.1, 0.15) is 20.7 Å². The molecular formula is C9H7NO5. The van der Waals surface area contributed by atoms with Gasteiger partial charge in [-0.2, -0.15) is 0 Å². The second-order valence-electron chi connectivity index (χ2n) is 2.61. The largest absolute Gasteiger partial charge is 0.465 e. The maximum atomic E-state index is 11.2. The molecule has 1 aromatic carbocycles. The lowest BCUT2D eigenvalue weighted by Gasteiger charge is -2.01. The first-order valence-electron chi connectivity index (χ1n) is 3.92. The van der Waals surface area contributed by atoms with E-state index >= 15 is 0 Å². The molecule has 0 aromatic heterocycles. The predicted octanol–water partition coefficient (Wildman–Crippen LogP) is 1.19. The Hall–Kier alpha value is -2.24. The summed E-state index contributed by atoms with van der Waals surface area (Å²) in [6, 6.07) is 3.87. The number of benzene rings is 1. The number of rotatable bonds is 3. The summed E-state index contributed by atoms with van der Waals surface area (Å²) in [5.74, 6) is -0.842. The fraction of sp³-hybridized carbons (Fsp3) is 0.111. The molecular weight excluding hydrogens is 202 g/mol. The van der Waals surface area contributed by atoms with E-state index in [4.69, 9.17) is 0 Å². The number of nitro benzene ring substituents is 1. The number of hydrogen-bond acceptors (Lipinski definition) is 5. The summed E-state index contributed by atoms with van der Waals surface area (Å²) in [7, 11) is 1.11. The summed E-state index contributed by atoms with van der Waals surface area (Å²) in [6.07, 6.45) is 0.324. The van der Waals surface area contributed by atoms with E-state index in [0.29, 0.717) is 6.29 Å². The van der Waals surface area contributed by atoms with Crippen LogP contribution in [0.3, 0.4) is 0 Å². The third kappa shape index (κ3) is 1.98. The van der Waals surface area contributed by atoms with Crippen molar-refractivity contribution in [3.05, 3.63) is 39.4 Å². The Bertz CT molecular complexity index is 427. The highest BCUT2D eigenvalue weighted by Crippen LogP contribution is 2.22. The summed E-state index contributed by atoms with van der Waals surface area (Å²) in [5.41, 5.74) is -0.908. The highest BCUT2D eigenvalue weighted by Gasteiger charge is 2.24. The van der Waals surface area contributed by atoms with Gasteiger partial charge in [0.1, 0.15) is 5.56 Å². The molecule has 0 aliphatic rings. The molecule has 6 nitrogen and oxygen atoms in total.